The maximum atomic E-state index is 13.1. The Hall–Kier alpha value is -3.15. The van der Waals surface area contributed by atoms with Crippen molar-refractivity contribution in [2.75, 3.05) is 35.2 Å². The largest absolute Gasteiger partial charge is 0.393 e. The summed E-state index contributed by atoms with van der Waals surface area (Å²) in [6, 6.07) is 6.39. The van der Waals surface area contributed by atoms with Gasteiger partial charge < -0.3 is 20.9 Å². The van der Waals surface area contributed by atoms with Gasteiger partial charge in [-0.05, 0) is 38.0 Å². The molecule has 1 aliphatic rings. The van der Waals surface area contributed by atoms with E-state index in [1.165, 1.54) is 24.3 Å². The van der Waals surface area contributed by atoms with Gasteiger partial charge in [0.1, 0.15) is 0 Å². The van der Waals surface area contributed by atoms with Crippen LogP contribution in [0.5, 0.6) is 0 Å². The van der Waals surface area contributed by atoms with E-state index in [9.17, 15) is 27.6 Å². The van der Waals surface area contributed by atoms with Gasteiger partial charge in [0.15, 0.2) is 5.13 Å². The van der Waals surface area contributed by atoms with Crippen molar-refractivity contribution in [2.24, 2.45) is 5.92 Å². The molecule has 12 heteroatoms. The molecule has 0 bridgehead atoms. The van der Waals surface area contributed by atoms with Crippen LogP contribution in [0.4, 0.5) is 29.7 Å². The highest BCUT2D eigenvalue weighted by molar-refractivity contribution is 7.15. The van der Waals surface area contributed by atoms with E-state index < -0.39 is 23.9 Å². The molecule has 1 fully saturated rings. The van der Waals surface area contributed by atoms with Crippen molar-refractivity contribution >= 4 is 45.6 Å². The predicted molar refractivity (Wildman–Crippen MR) is 124 cm³/mol. The smallest absolute Gasteiger partial charge is 0.347 e. The summed E-state index contributed by atoms with van der Waals surface area (Å²) >= 11 is 1.31. The fourth-order valence-electron chi connectivity index (χ4n) is 3.63. The lowest BCUT2D eigenvalue weighted by molar-refractivity contribution is -0.176. The molecule has 0 saturated carbocycles. The van der Waals surface area contributed by atoms with Crippen LogP contribution in [0.15, 0.2) is 24.3 Å². The summed E-state index contributed by atoms with van der Waals surface area (Å²) < 4.78 is 39.3. The average Bonchev–Trinajstić information content (AvgIpc) is 3.13. The monoisotopic (exact) mass is 497 g/mol. The molecule has 3 rings (SSSR count). The van der Waals surface area contributed by atoms with Gasteiger partial charge in [-0.2, -0.15) is 13.2 Å². The number of nitrogens with zero attached hydrogens (tertiary/aromatic N) is 2. The summed E-state index contributed by atoms with van der Waals surface area (Å²) in [5, 5.41) is 8.14. The fourth-order valence-corrected chi connectivity index (χ4v) is 4.73. The number of amides is 3. The van der Waals surface area contributed by atoms with Crippen LogP contribution in [-0.2, 0) is 20.8 Å². The normalized spacial score (nSPS) is 16.1. The van der Waals surface area contributed by atoms with E-state index in [0.717, 1.165) is 4.88 Å². The quantitative estimate of drug-likeness (QED) is 0.531. The molecule has 2 aromatic rings. The van der Waals surface area contributed by atoms with Crippen molar-refractivity contribution < 1.29 is 27.6 Å². The van der Waals surface area contributed by atoms with Crippen LogP contribution in [-0.4, -0.2) is 48.5 Å². The second-order valence-electron chi connectivity index (χ2n) is 8.05. The van der Waals surface area contributed by atoms with Gasteiger partial charge in [-0.25, -0.2) is 4.98 Å². The lowest BCUT2D eigenvalue weighted by Crippen LogP contribution is -2.41. The first-order valence-corrected chi connectivity index (χ1v) is 11.6. The Labute approximate surface area is 198 Å². The van der Waals surface area contributed by atoms with Crippen LogP contribution in [0, 0.1) is 12.8 Å². The fraction of sp³-hybridized carbons (Fsp3) is 0.455. The number of anilines is 3. The van der Waals surface area contributed by atoms with E-state index in [2.05, 4.69) is 20.9 Å². The van der Waals surface area contributed by atoms with Gasteiger partial charge in [-0.1, -0.05) is 6.07 Å². The van der Waals surface area contributed by atoms with Crippen molar-refractivity contribution in [3.8, 4) is 0 Å². The molecule has 1 aromatic heterocycles. The molecule has 3 N–H and O–H groups in total. The highest BCUT2D eigenvalue weighted by atomic mass is 32.1. The molecule has 0 radical (unpaired) electrons. The molecule has 1 aromatic carbocycles. The number of carbonyl (C=O) groups is 3. The molecule has 1 atom stereocenters. The Morgan fingerprint density at radius 2 is 1.88 bits per heavy atom. The van der Waals surface area contributed by atoms with Crippen LogP contribution in [0.3, 0.4) is 0 Å². The summed E-state index contributed by atoms with van der Waals surface area (Å²) in [5.41, 5.74) is 1.54. The number of thiazole rings is 1. The minimum atomic E-state index is -4.22. The maximum absolute atomic E-state index is 13.1. The number of benzene rings is 1. The molecule has 1 saturated heterocycles. The van der Waals surface area contributed by atoms with Crippen molar-refractivity contribution in [1.82, 2.24) is 10.3 Å². The summed E-state index contributed by atoms with van der Waals surface area (Å²) in [6.07, 6.45) is -3.24. The third kappa shape index (κ3) is 6.92. The Kier molecular flexibility index (Phi) is 8.13. The Morgan fingerprint density at radius 3 is 2.56 bits per heavy atom. The number of aromatic nitrogens is 1. The Balaban J connectivity index is 1.50. The van der Waals surface area contributed by atoms with Gasteiger partial charge in [-0.15, -0.1) is 11.3 Å². The molecule has 0 aliphatic carbocycles. The van der Waals surface area contributed by atoms with Crippen molar-refractivity contribution in [3.63, 3.8) is 0 Å². The average molecular weight is 498 g/mol. The van der Waals surface area contributed by atoms with Crippen molar-refractivity contribution in [2.45, 2.75) is 39.3 Å². The minimum absolute atomic E-state index is 0.101. The lowest BCUT2D eigenvalue weighted by Gasteiger charge is -2.33. The van der Waals surface area contributed by atoms with E-state index in [1.807, 2.05) is 0 Å². The second kappa shape index (κ2) is 10.9. The SMILES string of the molecule is CC(=O)Nc1cccc(NC(=O)C(=O)NCCc2sc(N3CCC[C@@H](C(F)(F)F)C3)nc2C)c1. The summed E-state index contributed by atoms with van der Waals surface area (Å²) in [4.78, 5) is 42.4. The summed E-state index contributed by atoms with van der Waals surface area (Å²) in [7, 11) is 0. The van der Waals surface area contributed by atoms with Crippen molar-refractivity contribution in [3.05, 3.63) is 34.8 Å². The topological polar surface area (TPSA) is 103 Å². The number of halogens is 3. The van der Waals surface area contributed by atoms with Gasteiger partial charge in [0, 0.05) is 49.2 Å². The highest BCUT2D eigenvalue weighted by Crippen LogP contribution is 2.36. The van der Waals surface area contributed by atoms with Crippen LogP contribution in [0.25, 0.3) is 0 Å². The zero-order chi connectivity index (χ0) is 24.9. The number of alkyl halides is 3. The van der Waals surface area contributed by atoms with Crippen LogP contribution in [0.2, 0.25) is 0 Å². The van der Waals surface area contributed by atoms with Gasteiger partial charge in [0.05, 0.1) is 11.6 Å². The Bertz CT molecular complexity index is 1060. The molecule has 34 heavy (non-hydrogen) atoms. The van der Waals surface area contributed by atoms with Crippen LogP contribution in [0.1, 0.15) is 30.3 Å². The molecule has 0 spiro atoms. The molecule has 8 nitrogen and oxygen atoms in total. The first kappa shape index (κ1) is 25.5. The molecule has 1 aliphatic heterocycles. The van der Waals surface area contributed by atoms with Gasteiger partial charge in [0.25, 0.3) is 0 Å². The van der Waals surface area contributed by atoms with E-state index in [-0.39, 0.29) is 25.4 Å². The molecule has 0 unspecified atom stereocenters. The number of piperidine rings is 1. The summed E-state index contributed by atoms with van der Waals surface area (Å²) in [5.74, 6) is -3.29. The van der Waals surface area contributed by atoms with Gasteiger partial charge in [-0.3, -0.25) is 14.4 Å². The first-order valence-electron chi connectivity index (χ1n) is 10.8. The zero-order valence-electron chi connectivity index (χ0n) is 18.8. The van der Waals surface area contributed by atoms with Gasteiger partial charge >= 0.3 is 18.0 Å². The lowest BCUT2D eigenvalue weighted by atomic mass is 9.98. The van der Waals surface area contributed by atoms with E-state index in [0.29, 0.717) is 41.6 Å². The highest BCUT2D eigenvalue weighted by Gasteiger charge is 2.42. The first-order chi connectivity index (χ1) is 16.0. The van der Waals surface area contributed by atoms with Crippen molar-refractivity contribution in [1.29, 1.82) is 0 Å². The molecular weight excluding hydrogens is 471 g/mol. The molecule has 3 amide bonds. The minimum Gasteiger partial charge on any atom is -0.347 e. The second-order valence-corrected chi connectivity index (χ2v) is 9.12. The Morgan fingerprint density at radius 1 is 1.18 bits per heavy atom. The molecule has 184 valence electrons. The zero-order valence-corrected chi connectivity index (χ0v) is 19.6. The van der Waals surface area contributed by atoms with Crippen LogP contribution < -0.4 is 20.9 Å². The summed E-state index contributed by atoms with van der Waals surface area (Å²) in [6.45, 7) is 3.73. The number of aryl methyl sites for hydroxylation is 1. The number of hydrogen-bond acceptors (Lipinski definition) is 6. The van der Waals surface area contributed by atoms with E-state index in [4.69, 9.17) is 0 Å². The number of nitrogens with one attached hydrogen (secondary N) is 3. The van der Waals surface area contributed by atoms with Crippen LogP contribution >= 0.6 is 11.3 Å². The number of hydrogen-bond donors (Lipinski definition) is 3. The molecular formula is C22H26F3N5O3S. The van der Waals surface area contributed by atoms with E-state index in [1.54, 1.807) is 30.0 Å². The molecule has 2 heterocycles. The maximum Gasteiger partial charge on any atom is 0.393 e. The number of carbonyl (C=O) groups excluding carboxylic acids is 3. The van der Waals surface area contributed by atoms with Gasteiger partial charge in [0.2, 0.25) is 5.91 Å². The predicted octanol–water partition coefficient (Wildman–Crippen LogP) is 3.49. The number of rotatable bonds is 6. The third-order valence-corrected chi connectivity index (χ3v) is 6.60. The van der Waals surface area contributed by atoms with E-state index >= 15 is 0 Å². The third-order valence-electron chi connectivity index (χ3n) is 5.32. The standard InChI is InChI=1S/C22H26F3N5O3S/c1-13-18(34-21(27-13)30-10-4-5-15(12-30)22(23,24)25)8-9-26-19(32)20(33)29-17-7-3-6-16(11-17)28-14(2)31/h3,6-7,11,15H,4-5,8-10,12H2,1-2H3,(H,26,32)(H,28,31)(H,29,33)/t15-/m1/s1.